The molecule has 0 heterocycles. The Hall–Kier alpha value is -0.730. The van der Waals surface area contributed by atoms with Gasteiger partial charge in [0, 0.05) is 13.1 Å². The van der Waals surface area contributed by atoms with E-state index in [0.717, 1.165) is 25.9 Å². The lowest BCUT2D eigenvalue weighted by Crippen LogP contribution is -2.32. The number of guanidine groups is 1. The number of unbranched alkanes of at least 4 members (excludes halogenated alkanes) is 2. The molecule has 0 aromatic rings. The van der Waals surface area contributed by atoms with Crippen LogP contribution in [0.5, 0.6) is 0 Å². The number of hydrogen-bond donors (Lipinski definition) is 2. The Balaban J connectivity index is 3.44. The molecule has 0 rings (SSSR count). The lowest BCUT2D eigenvalue weighted by atomic mass is 9.90. The highest BCUT2D eigenvalue weighted by Gasteiger charge is 2.08. The molecule has 0 spiro atoms. The lowest BCUT2D eigenvalue weighted by molar-refractivity contribution is 0.361. The molecular formula is C13H29N3. The summed E-state index contributed by atoms with van der Waals surface area (Å²) in [5, 5.41) is 3.12. The maximum Gasteiger partial charge on any atom is 0.188 e. The molecule has 0 aliphatic rings. The molecule has 0 aliphatic carbocycles. The quantitative estimate of drug-likeness (QED) is 0.399. The van der Waals surface area contributed by atoms with Crippen molar-refractivity contribution in [2.45, 2.75) is 59.8 Å². The molecule has 16 heavy (non-hydrogen) atoms. The molecule has 0 amide bonds. The zero-order valence-electron chi connectivity index (χ0n) is 11.5. The topological polar surface area (TPSA) is 50.4 Å². The first-order chi connectivity index (χ1) is 7.45. The van der Waals surface area contributed by atoms with Gasteiger partial charge in [0.1, 0.15) is 0 Å². The predicted molar refractivity (Wildman–Crippen MR) is 72.7 cm³/mol. The first kappa shape index (κ1) is 15.3. The minimum absolute atomic E-state index is 0.439. The molecule has 0 bridgehead atoms. The Bertz CT molecular complexity index is 192. The van der Waals surface area contributed by atoms with Gasteiger partial charge in [-0.05, 0) is 24.7 Å². The van der Waals surface area contributed by atoms with Gasteiger partial charge >= 0.3 is 0 Å². The van der Waals surface area contributed by atoms with Crippen molar-refractivity contribution < 1.29 is 0 Å². The fourth-order valence-corrected chi connectivity index (χ4v) is 1.42. The van der Waals surface area contributed by atoms with E-state index in [2.05, 4.69) is 38.0 Å². The third-order valence-corrected chi connectivity index (χ3v) is 2.45. The van der Waals surface area contributed by atoms with Crippen LogP contribution in [0.2, 0.25) is 0 Å². The second-order valence-electron chi connectivity index (χ2n) is 5.57. The number of nitrogens with one attached hydrogen (secondary N) is 1. The van der Waals surface area contributed by atoms with Gasteiger partial charge in [0.25, 0.3) is 0 Å². The molecule has 0 aromatic carbocycles. The van der Waals surface area contributed by atoms with Gasteiger partial charge in [-0.1, -0.05) is 40.5 Å². The second-order valence-corrected chi connectivity index (χ2v) is 5.57. The Morgan fingerprint density at radius 1 is 1.19 bits per heavy atom. The van der Waals surface area contributed by atoms with E-state index in [1.165, 1.54) is 19.3 Å². The van der Waals surface area contributed by atoms with Crippen LogP contribution in [0.4, 0.5) is 0 Å². The Morgan fingerprint density at radius 3 is 2.44 bits per heavy atom. The summed E-state index contributed by atoms with van der Waals surface area (Å²) in [7, 11) is 0. The van der Waals surface area contributed by atoms with E-state index in [4.69, 9.17) is 5.73 Å². The van der Waals surface area contributed by atoms with Gasteiger partial charge in [0.15, 0.2) is 5.96 Å². The van der Waals surface area contributed by atoms with E-state index < -0.39 is 0 Å². The highest BCUT2D eigenvalue weighted by atomic mass is 15.1. The van der Waals surface area contributed by atoms with E-state index >= 15 is 0 Å². The van der Waals surface area contributed by atoms with Crippen molar-refractivity contribution in [3.8, 4) is 0 Å². The number of hydrogen-bond acceptors (Lipinski definition) is 1. The van der Waals surface area contributed by atoms with Gasteiger partial charge in [-0.15, -0.1) is 0 Å². The van der Waals surface area contributed by atoms with E-state index in [-0.39, 0.29) is 0 Å². The average Bonchev–Trinajstić information content (AvgIpc) is 2.16. The zero-order valence-corrected chi connectivity index (χ0v) is 11.5. The van der Waals surface area contributed by atoms with E-state index in [9.17, 15) is 0 Å². The minimum atomic E-state index is 0.439. The summed E-state index contributed by atoms with van der Waals surface area (Å²) in [6.07, 6.45) is 5.96. The van der Waals surface area contributed by atoms with Crippen LogP contribution in [-0.4, -0.2) is 19.0 Å². The van der Waals surface area contributed by atoms with Crippen molar-refractivity contribution in [3.63, 3.8) is 0 Å². The van der Waals surface area contributed by atoms with E-state index in [1.54, 1.807) is 0 Å². The monoisotopic (exact) mass is 227 g/mol. The number of nitrogens with zero attached hydrogens (tertiary/aromatic N) is 1. The number of aliphatic imine (C=N–C) groups is 1. The maximum atomic E-state index is 5.72. The van der Waals surface area contributed by atoms with Crippen LogP contribution in [-0.2, 0) is 0 Å². The first-order valence-corrected chi connectivity index (χ1v) is 6.49. The molecule has 0 saturated heterocycles. The SMILES string of the molecule is CCCCNC(N)=NCCCCC(C)(C)C. The molecule has 0 fully saturated rings. The lowest BCUT2D eigenvalue weighted by Gasteiger charge is -2.17. The molecule has 0 saturated carbocycles. The van der Waals surface area contributed by atoms with Crippen molar-refractivity contribution in [1.29, 1.82) is 0 Å². The van der Waals surface area contributed by atoms with Crippen LogP contribution in [0.3, 0.4) is 0 Å². The molecule has 3 nitrogen and oxygen atoms in total. The third-order valence-electron chi connectivity index (χ3n) is 2.45. The first-order valence-electron chi connectivity index (χ1n) is 6.49. The van der Waals surface area contributed by atoms with Crippen LogP contribution in [0.25, 0.3) is 0 Å². The van der Waals surface area contributed by atoms with Gasteiger partial charge in [-0.25, -0.2) is 0 Å². The zero-order chi connectivity index (χ0) is 12.4. The Morgan fingerprint density at radius 2 is 1.88 bits per heavy atom. The van der Waals surface area contributed by atoms with E-state index in [1.807, 2.05) is 0 Å². The summed E-state index contributed by atoms with van der Waals surface area (Å²) < 4.78 is 0. The van der Waals surface area contributed by atoms with Crippen molar-refractivity contribution >= 4 is 5.96 Å². The van der Waals surface area contributed by atoms with Crippen molar-refractivity contribution in [1.82, 2.24) is 5.32 Å². The van der Waals surface area contributed by atoms with Crippen LogP contribution < -0.4 is 11.1 Å². The van der Waals surface area contributed by atoms with Crippen LogP contribution >= 0.6 is 0 Å². The summed E-state index contributed by atoms with van der Waals surface area (Å²) in [5.41, 5.74) is 6.16. The molecule has 0 unspecified atom stereocenters. The summed E-state index contributed by atoms with van der Waals surface area (Å²) in [5.74, 6) is 0.601. The molecular weight excluding hydrogens is 198 g/mol. The Labute approximate surface area is 101 Å². The smallest absolute Gasteiger partial charge is 0.188 e. The summed E-state index contributed by atoms with van der Waals surface area (Å²) in [4.78, 5) is 4.30. The Kier molecular flexibility index (Phi) is 8.04. The van der Waals surface area contributed by atoms with E-state index in [0.29, 0.717) is 11.4 Å². The fraction of sp³-hybridized carbons (Fsp3) is 0.923. The predicted octanol–water partition coefficient (Wildman–Crippen LogP) is 2.91. The average molecular weight is 227 g/mol. The van der Waals surface area contributed by atoms with Gasteiger partial charge in [0.05, 0.1) is 0 Å². The standard InChI is InChI=1S/C13H29N3/c1-5-6-10-15-12(14)16-11-8-7-9-13(2,3)4/h5-11H2,1-4H3,(H3,14,15,16). The van der Waals surface area contributed by atoms with Crippen LogP contribution in [0.15, 0.2) is 4.99 Å². The summed E-state index contributed by atoms with van der Waals surface area (Å²) in [6, 6.07) is 0. The van der Waals surface area contributed by atoms with Gasteiger partial charge < -0.3 is 11.1 Å². The van der Waals surface area contributed by atoms with Crippen molar-refractivity contribution in [3.05, 3.63) is 0 Å². The highest BCUT2D eigenvalue weighted by Crippen LogP contribution is 2.21. The maximum absolute atomic E-state index is 5.72. The summed E-state index contributed by atoms with van der Waals surface area (Å²) in [6.45, 7) is 10.8. The van der Waals surface area contributed by atoms with Crippen molar-refractivity contribution in [2.75, 3.05) is 13.1 Å². The molecule has 0 aromatic heterocycles. The van der Waals surface area contributed by atoms with Gasteiger partial charge in [-0.2, -0.15) is 0 Å². The molecule has 0 aliphatic heterocycles. The molecule has 0 atom stereocenters. The second kappa shape index (κ2) is 8.43. The molecule has 96 valence electrons. The minimum Gasteiger partial charge on any atom is -0.370 e. The summed E-state index contributed by atoms with van der Waals surface area (Å²) >= 11 is 0. The molecule has 3 N–H and O–H groups in total. The van der Waals surface area contributed by atoms with Crippen LogP contribution in [0.1, 0.15) is 59.8 Å². The molecule has 3 heteroatoms. The fourth-order valence-electron chi connectivity index (χ4n) is 1.42. The van der Waals surface area contributed by atoms with Crippen molar-refractivity contribution in [2.24, 2.45) is 16.1 Å². The normalized spacial score (nSPS) is 12.9. The molecule has 0 radical (unpaired) electrons. The third kappa shape index (κ3) is 11.3. The largest absolute Gasteiger partial charge is 0.370 e. The van der Waals surface area contributed by atoms with Crippen LogP contribution in [0, 0.1) is 5.41 Å². The number of nitrogens with two attached hydrogens (primary N) is 1. The van der Waals surface area contributed by atoms with Gasteiger partial charge in [-0.3, -0.25) is 4.99 Å². The highest BCUT2D eigenvalue weighted by molar-refractivity contribution is 5.77. The number of rotatable bonds is 7. The van der Waals surface area contributed by atoms with Gasteiger partial charge in [0.2, 0.25) is 0 Å².